The first-order chi connectivity index (χ1) is 14.1. The molecule has 0 saturated heterocycles. The Bertz CT molecular complexity index is 915. The highest BCUT2D eigenvalue weighted by Gasteiger charge is 2.33. The molecular weight excluding hydrogens is 403 g/mol. The van der Waals surface area contributed by atoms with E-state index in [-0.39, 0.29) is 47.2 Å². The minimum Gasteiger partial charge on any atom is -0.378 e. The van der Waals surface area contributed by atoms with Crippen LogP contribution < -0.4 is 16.8 Å². The van der Waals surface area contributed by atoms with Crippen LogP contribution in [0.2, 0.25) is 0 Å². The first kappa shape index (κ1) is 21.7. The number of pyridine rings is 1. The third-order valence-electron chi connectivity index (χ3n) is 5.19. The van der Waals surface area contributed by atoms with E-state index in [4.69, 9.17) is 11.5 Å². The number of nitrogens with two attached hydrogens (primary N) is 2. The number of nitrogen functional groups attached to an aromatic ring is 1. The van der Waals surface area contributed by atoms with Crippen molar-refractivity contribution in [3.63, 3.8) is 0 Å². The maximum Gasteiger partial charge on any atom is 0.416 e. The van der Waals surface area contributed by atoms with Gasteiger partial charge in [-0.05, 0) is 44.1 Å². The zero-order chi connectivity index (χ0) is 21.9. The highest BCUT2D eigenvalue weighted by Crippen LogP contribution is 2.33. The molecular formula is C18H22F3N7O2. The number of nitro groups is 1. The van der Waals surface area contributed by atoms with Crippen LogP contribution in [0, 0.1) is 16.0 Å². The van der Waals surface area contributed by atoms with E-state index in [0.29, 0.717) is 6.42 Å². The van der Waals surface area contributed by atoms with Crippen molar-refractivity contribution >= 4 is 17.5 Å². The Kier molecular flexibility index (Phi) is 6.34. The Morgan fingerprint density at radius 1 is 1.23 bits per heavy atom. The second kappa shape index (κ2) is 8.78. The summed E-state index contributed by atoms with van der Waals surface area (Å²) in [5, 5.41) is 14.1. The third kappa shape index (κ3) is 5.12. The highest BCUT2D eigenvalue weighted by atomic mass is 19.4. The standard InChI is InChI=1S/C18H22F3N7O2/c19-18(20,21)13-5-6-24-8-11(13)9-25-17-26-14(15(28(29)30)16(23)27-17)7-10-1-3-12(22)4-2-10/h5-6,8,10,12H,1-4,7,9,22H2,(H3,23,25,26,27)/t10-,12-. The summed E-state index contributed by atoms with van der Waals surface area (Å²) in [6.45, 7) is -0.266. The molecule has 2 heterocycles. The minimum absolute atomic E-state index is 0.0717. The van der Waals surface area contributed by atoms with Gasteiger partial charge in [0, 0.05) is 30.5 Å². The molecule has 0 amide bonds. The normalized spacial score (nSPS) is 19.5. The Hall–Kier alpha value is -3.02. The maximum absolute atomic E-state index is 13.1. The predicted molar refractivity (Wildman–Crippen MR) is 103 cm³/mol. The van der Waals surface area contributed by atoms with E-state index >= 15 is 0 Å². The summed E-state index contributed by atoms with van der Waals surface area (Å²) in [5.41, 5.74) is 10.5. The highest BCUT2D eigenvalue weighted by molar-refractivity contribution is 5.58. The number of nitrogens with one attached hydrogen (secondary N) is 1. The van der Waals surface area contributed by atoms with Gasteiger partial charge in [-0.2, -0.15) is 18.2 Å². The average molecular weight is 425 g/mol. The summed E-state index contributed by atoms with van der Waals surface area (Å²) in [7, 11) is 0. The van der Waals surface area contributed by atoms with Gasteiger partial charge in [-0.3, -0.25) is 15.1 Å². The molecule has 1 aliphatic carbocycles. The average Bonchev–Trinajstić information content (AvgIpc) is 2.67. The molecule has 2 aromatic rings. The molecule has 0 spiro atoms. The molecule has 5 N–H and O–H groups in total. The fourth-order valence-electron chi connectivity index (χ4n) is 3.63. The van der Waals surface area contributed by atoms with Gasteiger partial charge in [-0.1, -0.05) is 0 Å². The van der Waals surface area contributed by atoms with Gasteiger partial charge in [0.05, 0.1) is 10.5 Å². The lowest BCUT2D eigenvalue weighted by atomic mass is 9.83. The molecule has 9 nitrogen and oxygen atoms in total. The Morgan fingerprint density at radius 3 is 2.57 bits per heavy atom. The van der Waals surface area contributed by atoms with E-state index in [1.54, 1.807) is 0 Å². The summed E-state index contributed by atoms with van der Waals surface area (Å²) in [5.74, 6) is -0.236. The molecule has 0 unspecified atom stereocenters. The van der Waals surface area contributed by atoms with Crippen LogP contribution in [-0.4, -0.2) is 25.9 Å². The van der Waals surface area contributed by atoms with Gasteiger partial charge in [0.2, 0.25) is 11.8 Å². The number of halogens is 3. The number of hydrogen-bond donors (Lipinski definition) is 3. The Balaban J connectivity index is 1.83. The van der Waals surface area contributed by atoms with Gasteiger partial charge < -0.3 is 16.8 Å². The molecule has 1 saturated carbocycles. The van der Waals surface area contributed by atoms with Crippen LogP contribution in [0.3, 0.4) is 0 Å². The summed E-state index contributed by atoms with van der Waals surface area (Å²) in [4.78, 5) is 22.6. The van der Waals surface area contributed by atoms with Crippen molar-refractivity contribution < 1.29 is 18.1 Å². The second-order valence-corrected chi connectivity index (χ2v) is 7.35. The molecule has 0 aliphatic heterocycles. The van der Waals surface area contributed by atoms with Crippen LogP contribution in [0.1, 0.15) is 42.5 Å². The molecule has 1 aliphatic rings. The van der Waals surface area contributed by atoms with Crippen molar-refractivity contribution in [3.8, 4) is 0 Å². The molecule has 0 radical (unpaired) electrons. The fourth-order valence-corrected chi connectivity index (χ4v) is 3.63. The number of alkyl halides is 3. The quantitative estimate of drug-likeness (QED) is 0.473. The lowest BCUT2D eigenvalue weighted by Crippen LogP contribution is -2.27. The summed E-state index contributed by atoms with van der Waals surface area (Å²) >= 11 is 0. The molecule has 12 heteroatoms. The lowest BCUT2D eigenvalue weighted by Gasteiger charge is -2.25. The number of hydrogen-bond acceptors (Lipinski definition) is 8. The van der Waals surface area contributed by atoms with Gasteiger partial charge in [-0.25, -0.2) is 4.98 Å². The number of aromatic nitrogens is 3. The summed E-state index contributed by atoms with van der Waals surface area (Å²) in [6.07, 6.45) is 1.22. The number of rotatable bonds is 6. The van der Waals surface area contributed by atoms with Crippen LogP contribution in [0.4, 0.5) is 30.6 Å². The second-order valence-electron chi connectivity index (χ2n) is 7.35. The van der Waals surface area contributed by atoms with Gasteiger partial charge in [-0.15, -0.1) is 0 Å². The molecule has 3 rings (SSSR count). The van der Waals surface area contributed by atoms with E-state index in [1.165, 1.54) is 0 Å². The summed E-state index contributed by atoms with van der Waals surface area (Å²) in [6, 6.07) is 1.01. The van der Waals surface area contributed by atoms with Crippen molar-refractivity contribution in [3.05, 3.63) is 45.4 Å². The van der Waals surface area contributed by atoms with Crippen molar-refractivity contribution in [2.24, 2.45) is 11.7 Å². The van der Waals surface area contributed by atoms with Crippen molar-refractivity contribution in [2.75, 3.05) is 11.1 Å². The van der Waals surface area contributed by atoms with E-state index in [0.717, 1.165) is 44.1 Å². The minimum atomic E-state index is -4.54. The first-order valence-corrected chi connectivity index (χ1v) is 9.45. The van der Waals surface area contributed by atoms with Crippen molar-refractivity contribution in [2.45, 2.75) is 50.9 Å². The Morgan fingerprint density at radius 2 is 1.93 bits per heavy atom. The SMILES string of the molecule is Nc1nc(NCc2cnccc2C(F)(F)F)nc(C[C@H]2CC[C@H](N)CC2)c1[N+](=O)[O-]. The van der Waals surface area contributed by atoms with Crippen molar-refractivity contribution in [1.82, 2.24) is 15.0 Å². The third-order valence-corrected chi connectivity index (χ3v) is 5.19. The van der Waals surface area contributed by atoms with Crippen molar-refractivity contribution in [1.29, 1.82) is 0 Å². The van der Waals surface area contributed by atoms with E-state index in [2.05, 4.69) is 20.3 Å². The van der Waals surface area contributed by atoms with Gasteiger partial charge in [0.25, 0.3) is 0 Å². The van der Waals surface area contributed by atoms with Crippen LogP contribution >= 0.6 is 0 Å². The number of anilines is 2. The van der Waals surface area contributed by atoms with Crippen LogP contribution in [0.5, 0.6) is 0 Å². The molecule has 0 bridgehead atoms. The van der Waals surface area contributed by atoms with Crippen LogP contribution in [0.25, 0.3) is 0 Å². The van der Waals surface area contributed by atoms with E-state index in [1.807, 2.05) is 0 Å². The Labute approximate surface area is 170 Å². The maximum atomic E-state index is 13.1. The first-order valence-electron chi connectivity index (χ1n) is 9.45. The predicted octanol–water partition coefficient (Wildman–Crippen LogP) is 3.05. The molecule has 2 aromatic heterocycles. The molecule has 0 aromatic carbocycles. The lowest BCUT2D eigenvalue weighted by molar-refractivity contribution is -0.385. The molecule has 162 valence electrons. The molecule has 30 heavy (non-hydrogen) atoms. The molecule has 1 fully saturated rings. The topological polar surface area (TPSA) is 146 Å². The van der Waals surface area contributed by atoms with Gasteiger partial charge >= 0.3 is 11.9 Å². The summed E-state index contributed by atoms with van der Waals surface area (Å²) < 4.78 is 39.4. The smallest absolute Gasteiger partial charge is 0.378 e. The fraction of sp³-hybridized carbons (Fsp3) is 0.500. The monoisotopic (exact) mass is 425 g/mol. The van der Waals surface area contributed by atoms with Crippen LogP contribution in [0.15, 0.2) is 18.5 Å². The zero-order valence-corrected chi connectivity index (χ0v) is 16.0. The van der Waals surface area contributed by atoms with Gasteiger partial charge in [0.1, 0.15) is 5.69 Å². The van der Waals surface area contributed by atoms with E-state index in [9.17, 15) is 23.3 Å². The van der Waals surface area contributed by atoms with Gasteiger partial charge in [0.15, 0.2) is 0 Å². The van der Waals surface area contributed by atoms with E-state index < -0.39 is 16.7 Å². The molecule has 0 atom stereocenters. The van der Waals surface area contributed by atoms with Crippen LogP contribution in [-0.2, 0) is 19.1 Å². The number of nitrogens with zero attached hydrogens (tertiary/aromatic N) is 4. The zero-order valence-electron chi connectivity index (χ0n) is 16.0. The largest absolute Gasteiger partial charge is 0.416 e.